The van der Waals surface area contributed by atoms with Crippen LogP contribution in [0.25, 0.3) is 11.0 Å². The Bertz CT molecular complexity index is 987. The highest BCUT2D eigenvalue weighted by molar-refractivity contribution is 5.96. The third kappa shape index (κ3) is 3.32. The molecule has 0 unspecified atom stereocenters. The van der Waals surface area contributed by atoms with E-state index in [1.807, 2.05) is 43.6 Å². The lowest BCUT2D eigenvalue weighted by Gasteiger charge is -2.17. The Morgan fingerprint density at radius 1 is 1.11 bits per heavy atom. The number of anilines is 4. The average Bonchev–Trinajstić information content (AvgIpc) is 3.60. The number of aromatic amines is 1. The number of H-pyrrole nitrogens is 1. The van der Waals surface area contributed by atoms with Gasteiger partial charge in [-0.2, -0.15) is 9.97 Å². The minimum atomic E-state index is 0.201. The topological polar surface area (TPSA) is 85.9 Å². The summed E-state index contributed by atoms with van der Waals surface area (Å²) in [6, 6.07) is 10.3. The van der Waals surface area contributed by atoms with Gasteiger partial charge in [-0.05, 0) is 56.0 Å². The van der Waals surface area contributed by atoms with Crippen LogP contribution in [-0.4, -0.2) is 33.9 Å². The smallest absolute Gasteiger partial charge is 0.231 e. The fourth-order valence-corrected chi connectivity index (χ4v) is 3.16. The minimum absolute atomic E-state index is 0.201. The number of carbonyl (C=O) groups is 1. The first-order valence-electron chi connectivity index (χ1n) is 9.44. The standard InChI is InChI=1S/C20H22N6O/c1-26(19(27)12-2-3-12)15-8-6-14(7-9-15)23-20-24-17-16(10-11-21-17)18(25-20)22-13-4-5-13/h6-13H,2-5H2,1H3,(H3,21,22,23,24,25). The van der Waals surface area contributed by atoms with Crippen LogP contribution in [0.1, 0.15) is 25.7 Å². The molecule has 2 aromatic heterocycles. The summed E-state index contributed by atoms with van der Waals surface area (Å²) in [5.41, 5.74) is 2.59. The molecule has 27 heavy (non-hydrogen) atoms. The normalized spacial score (nSPS) is 16.3. The predicted octanol–water partition coefficient (Wildman–Crippen LogP) is 3.65. The molecule has 3 aromatic rings. The Labute approximate surface area is 157 Å². The lowest BCUT2D eigenvalue weighted by atomic mass is 10.2. The Morgan fingerprint density at radius 2 is 1.89 bits per heavy atom. The molecule has 2 aliphatic rings. The van der Waals surface area contributed by atoms with Gasteiger partial charge in [-0.15, -0.1) is 0 Å². The number of hydrogen-bond acceptors (Lipinski definition) is 5. The molecule has 2 heterocycles. The highest BCUT2D eigenvalue weighted by Gasteiger charge is 2.32. The van der Waals surface area contributed by atoms with Crippen molar-refractivity contribution in [1.82, 2.24) is 15.0 Å². The van der Waals surface area contributed by atoms with E-state index < -0.39 is 0 Å². The molecular formula is C20H22N6O. The first kappa shape index (κ1) is 16.1. The third-order valence-corrected chi connectivity index (χ3v) is 5.10. The number of carbonyl (C=O) groups excluding carboxylic acids is 1. The van der Waals surface area contributed by atoms with Crippen LogP contribution in [0.3, 0.4) is 0 Å². The van der Waals surface area contributed by atoms with E-state index in [1.165, 1.54) is 12.8 Å². The van der Waals surface area contributed by atoms with Crippen molar-refractivity contribution >= 4 is 40.1 Å². The van der Waals surface area contributed by atoms with E-state index >= 15 is 0 Å². The van der Waals surface area contributed by atoms with Gasteiger partial charge in [0.15, 0.2) is 0 Å². The molecule has 1 aromatic carbocycles. The number of hydrogen-bond donors (Lipinski definition) is 3. The molecule has 2 aliphatic carbocycles. The van der Waals surface area contributed by atoms with E-state index in [2.05, 4.69) is 25.6 Å². The summed E-state index contributed by atoms with van der Waals surface area (Å²) in [5, 5.41) is 7.74. The molecule has 2 saturated carbocycles. The number of fused-ring (bicyclic) bond motifs is 1. The predicted molar refractivity (Wildman–Crippen MR) is 106 cm³/mol. The van der Waals surface area contributed by atoms with Crippen LogP contribution in [0.2, 0.25) is 0 Å². The highest BCUT2D eigenvalue weighted by Crippen LogP contribution is 2.33. The fourth-order valence-electron chi connectivity index (χ4n) is 3.16. The molecule has 0 aliphatic heterocycles. The Kier molecular flexibility index (Phi) is 3.74. The van der Waals surface area contributed by atoms with Crippen LogP contribution < -0.4 is 15.5 Å². The summed E-state index contributed by atoms with van der Waals surface area (Å²) in [6.45, 7) is 0. The van der Waals surface area contributed by atoms with Crippen LogP contribution >= 0.6 is 0 Å². The maximum Gasteiger partial charge on any atom is 0.231 e. The summed E-state index contributed by atoms with van der Waals surface area (Å²) in [4.78, 5) is 26.3. The summed E-state index contributed by atoms with van der Waals surface area (Å²) in [6.07, 6.45) is 6.28. The zero-order valence-corrected chi connectivity index (χ0v) is 15.2. The highest BCUT2D eigenvalue weighted by atomic mass is 16.2. The molecule has 7 heteroatoms. The van der Waals surface area contributed by atoms with Crippen molar-refractivity contribution in [1.29, 1.82) is 0 Å². The van der Waals surface area contributed by atoms with Gasteiger partial charge in [-0.1, -0.05) is 0 Å². The fraction of sp³-hybridized carbons (Fsp3) is 0.350. The van der Waals surface area contributed by atoms with Crippen LogP contribution in [0.5, 0.6) is 0 Å². The van der Waals surface area contributed by atoms with Gasteiger partial charge >= 0.3 is 0 Å². The first-order chi connectivity index (χ1) is 13.2. The van der Waals surface area contributed by atoms with Crippen molar-refractivity contribution < 1.29 is 4.79 Å². The molecule has 0 bridgehead atoms. The number of nitrogens with one attached hydrogen (secondary N) is 3. The van der Waals surface area contributed by atoms with Crippen molar-refractivity contribution in [3.63, 3.8) is 0 Å². The molecule has 5 rings (SSSR count). The Balaban J connectivity index is 1.35. The van der Waals surface area contributed by atoms with Crippen LogP contribution in [0.15, 0.2) is 36.5 Å². The van der Waals surface area contributed by atoms with Gasteiger partial charge in [0.05, 0.1) is 5.39 Å². The number of amides is 1. The molecule has 0 saturated heterocycles. The zero-order valence-electron chi connectivity index (χ0n) is 15.2. The molecule has 2 fully saturated rings. The summed E-state index contributed by atoms with van der Waals surface area (Å²) < 4.78 is 0. The van der Waals surface area contributed by atoms with Crippen molar-refractivity contribution in [2.45, 2.75) is 31.7 Å². The second kappa shape index (κ2) is 6.26. The average molecular weight is 362 g/mol. The van der Waals surface area contributed by atoms with Gasteiger partial charge in [0, 0.05) is 36.6 Å². The maximum absolute atomic E-state index is 12.2. The summed E-state index contributed by atoms with van der Waals surface area (Å²) in [7, 11) is 1.83. The van der Waals surface area contributed by atoms with Gasteiger partial charge in [0.25, 0.3) is 0 Å². The first-order valence-corrected chi connectivity index (χ1v) is 9.44. The van der Waals surface area contributed by atoms with Crippen molar-refractivity contribution in [2.75, 3.05) is 22.6 Å². The van der Waals surface area contributed by atoms with Gasteiger partial charge in [0.1, 0.15) is 11.5 Å². The van der Waals surface area contributed by atoms with Crippen molar-refractivity contribution in [3.05, 3.63) is 36.5 Å². The third-order valence-electron chi connectivity index (χ3n) is 5.10. The number of benzene rings is 1. The van der Waals surface area contributed by atoms with E-state index in [0.717, 1.165) is 41.1 Å². The molecule has 0 spiro atoms. The van der Waals surface area contributed by atoms with Gasteiger partial charge in [-0.25, -0.2) is 0 Å². The lowest BCUT2D eigenvalue weighted by Crippen LogP contribution is -2.27. The summed E-state index contributed by atoms with van der Waals surface area (Å²) in [5.74, 6) is 1.82. The molecule has 1 amide bonds. The molecule has 138 valence electrons. The van der Waals surface area contributed by atoms with E-state index in [-0.39, 0.29) is 11.8 Å². The molecule has 0 radical (unpaired) electrons. The van der Waals surface area contributed by atoms with E-state index in [0.29, 0.717) is 12.0 Å². The summed E-state index contributed by atoms with van der Waals surface area (Å²) >= 11 is 0. The molecule has 7 nitrogen and oxygen atoms in total. The molecular weight excluding hydrogens is 340 g/mol. The Morgan fingerprint density at radius 3 is 2.59 bits per heavy atom. The van der Waals surface area contributed by atoms with Crippen LogP contribution in [0.4, 0.5) is 23.1 Å². The van der Waals surface area contributed by atoms with Crippen LogP contribution in [0, 0.1) is 5.92 Å². The molecule has 3 N–H and O–H groups in total. The van der Waals surface area contributed by atoms with Crippen molar-refractivity contribution in [3.8, 4) is 0 Å². The van der Waals surface area contributed by atoms with E-state index in [4.69, 9.17) is 0 Å². The Hall–Kier alpha value is -3.09. The van der Waals surface area contributed by atoms with Gasteiger partial charge in [-0.3, -0.25) is 4.79 Å². The van der Waals surface area contributed by atoms with E-state index in [1.54, 1.807) is 4.90 Å². The molecule has 0 atom stereocenters. The van der Waals surface area contributed by atoms with Crippen molar-refractivity contribution in [2.24, 2.45) is 5.92 Å². The zero-order chi connectivity index (χ0) is 18.4. The van der Waals surface area contributed by atoms with Gasteiger partial charge < -0.3 is 20.5 Å². The van der Waals surface area contributed by atoms with Gasteiger partial charge in [0.2, 0.25) is 11.9 Å². The largest absolute Gasteiger partial charge is 0.367 e. The quantitative estimate of drug-likeness (QED) is 0.623. The number of rotatable bonds is 6. The monoisotopic (exact) mass is 362 g/mol. The van der Waals surface area contributed by atoms with Crippen LogP contribution in [-0.2, 0) is 4.79 Å². The minimum Gasteiger partial charge on any atom is -0.367 e. The lowest BCUT2D eigenvalue weighted by molar-refractivity contribution is -0.119. The number of aromatic nitrogens is 3. The second-order valence-corrected chi connectivity index (χ2v) is 7.40. The van der Waals surface area contributed by atoms with E-state index in [9.17, 15) is 4.79 Å². The number of nitrogens with zero attached hydrogens (tertiary/aromatic N) is 3. The maximum atomic E-state index is 12.2. The SMILES string of the molecule is CN(C(=O)C1CC1)c1ccc(Nc2nc(NC3CC3)c3cc[nH]c3n2)cc1. The second-order valence-electron chi connectivity index (χ2n) is 7.40.